The molecular weight excluding hydrogens is 273 g/mol. The average molecular weight is 287 g/mol. The number of methoxy groups -OCH3 is 1. The minimum absolute atomic E-state index is 0.0123. The first-order valence-corrected chi connectivity index (χ1v) is 6.75. The van der Waals surface area contributed by atoms with Gasteiger partial charge in [0, 0.05) is 6.92 Å². The average Bonchev–Trinajstić information content (AvgIpc) is 2.36. The van der Waals surface area contributed by atoms with Crippen molar-refractivity contribution in [2.24, 2.45) is 0 Å². The molecule has 2 atom stereocenters. The summed E-state index contributed by atoms with van der Waals surface area (Å²) in [6.07, 6.45) is 0. The van der Waals surface area contributed by atoms with Gasteiger partial charge in [-0.3, -0.25) is 9.00 Å². The van der Waals surface area contributed by atoms with Gasteiger partial charge in [-0.15, -0.1) is 0 Å². The highest BCUT2D eigenvalue weighted by Crippen LogP contribution is 2.12. The molecule has 0 radical (unpaired) electrons. The molecule has 19 heavy (non-hydrogen) atoms. The molecule has 0 aliphatic rings. The number of nitrogens with one attached hydrogen (secondary N) is 1. The third kappa shape index (κ3) is 4.44. The van der Waals surface area contributed by atoms with Gasteiger partial charge in [0.15, 0.2) is 0 Å². The first-order valence-electron chi connectivity index (χ1n) is 5.43. The molecule has 0 saturated carbocycles. The number of amides is 1. The van der Waals surface area contributed by atoms with E-state index >= 15 is 0 Å². The van der Waals surface area contributed by atoms with Crippen LogP contribution >= 0.6 is 0 Å². The fourth-order valence-electron chi connectivity index (χ4n) is 1.43. The van der Waals surface area contributed by atoms with Gasteiger partial charge in [-0.05, 0) is 12.1 Å². The van der Waals surface area contributed by atoms with Crippen LogP contribution in [0.1, 0.15) is 6.92 Å². The molecule has 0 aromatic heterocycles. The summed E-state index contributed by atoms with van der Waals surface area (Å²) in [6, 6.07) is 4.50. The van der Waals surface area contributed by atoms with Crippen molar-refractivity contribution >= 4 is 22.7 Å². The van der Waals surface area contributed by atoms with Crippen molar-refractivity contribution in [3.8, 4) is 0 Å². The number of rotatable bonds is 5. The molecule has 0 saturated heterocycles. The quantitative estimate of drug-likeness (QED) is 0.805. The van der Waals surface area contributed by atoms with Crippen LogP contribution in [-0.2, 0) is 25.1 Å². The standard InChI is InChI=1S/C12H14FNO4S/c1-8(15)14-10(12(16)18-2)7-19(17)11-6-4-3-5-9(11)13/h3-6,10H,7H2,1-2H3,(H,14,15). The smallest absolute Gasteiger partial charge is 0.329 e. The monoisotopic (exact) mass is 287 g/mol. The van der Waals surface area contributed by atoms with Gasteiger partial charge in [0.05, 0.1) is 28.6 Å². The highest BCUT2D eigenvalue weighted by Gasteiger charge is 2.24. The van der Waals surface area contributed by atoms with E-state index in [1.54, 1.807) is 6.07 Å². The summed E-state index contributed by atoms with van der Waals surface area (Å²) >= 11 is 0. The van der Waals surface area contributed by atoms with Gasteiger partial charge < -0.3 is 10.1 Å². The molecule has 0 spiro atoms. The molecule has 0 bridgehead atoms. The predicted octanol–water partition coefficient (Wildman–Crippen LogP) is 0.611. The van der Waals surface area contributed by atoms with Gasteiger partial charge in [0.2, 0.25) is 5.91 Å². The van der Waals surface area contributed by atoms with Crippen molar-refractivity contribution in [3.05, 3.63) is 30.1 Å². The Balaban J connectivity index is 2.85. The van der Waals surface area contributed by atoms with Crippen LogP contribution in [0.15, 0.2) is 29.2 Å². The number of benzene rings is 1. The van der Waals surface area contributed by atoms with Gasteiger partial charge in [0.1, 0.15) is 11.9 Å². The zero-order chi connectivity index (χ0) is 14.4. The van der Waals surface area contributed by atoms with Crippen LogP contribution in [0, 0.1) is 5.82 Å². The van der Waals surface area contributed by atoms with Crippen molar-refractivity contribution in [3.63, 3.8) is 0 Å². The van der Waals surface area contributed by atoms with Gasteiger partial charge in [-0.25, -0.2) is 9.18 Å². The summed E-state index contributed by atoms with van der Waals surface area (Å²) in [5.74, 6) is -2.04. The molecule has 5 nitrogen and oxygen atoms in total. The Bertz CT molecular complexity index is 506. The lowest BCUT2D eigenvalue weighted by molar-refractivity contribution is -0.144. The highest BCUT2D eigenvalue weighted by atomic mass is 32.2. The van der Waals surface area contributed by atoms with E-state index < -0.39 is 34.5 Å². The number of halogens is 1. The van der Waals surface area contributed by atoms with Gasteiger partial charge >= 0.3 is 5.97 Å². The topological polar surface area (TPSA) is 72.5 Å². The summed E-state index contributed by atoms with van der Waals surface area (Å²) in [5.41, 5.74) is 0. The molecule has 0 aliphatic heterocycles. The second-order valence-electron chi connectivity index (χ2n) is 3.72. The first kappa shape index (κ1) is 15.3. The Hall–Kier alpha value is -1.76. The minimum Gasteiger partial charge on any atom is -0.467 e. The van der Waals surface area contributed by atoms with E-state index in [9.17, 15) is 18.2 Å². The lowest BCUT2D eigenvalue weighted by Gasteiger charge is -2.15. The lowest BCUT2D eigenvalue weighted by atomic mass is 10.3. The van der Waals surface area contributed by atoms with Crippen LogP contribution in [0.4, 0.5) is 4.39 Å². The molecule has 1 aromatic rings. The van der Waals surface area contributed by atoms with Gasteiger partial charge in [-0.2, -0.15) is 0 Å². The number of carbonyl (C=O) groups excluding carboxylic acids is 2. The number of hydrogen-bond acceptors (Lipinski definition) is 4. The van der Waals surface area contributed by atoms with Gasteiger partial charge in [0.25, 0.3) is 0 Å². The van der Waals surface area contributed by atoms with E-state index in [4.69, 9.17) is 0 Å². The fraction of sp³-hybridized carbons (Fsp3) is 0.333. The van der Waals surface area contributed by atoms with Gasteiger partial charge in [-0.1, -0.05) is 12.1 Å². The van der Waals surface area contributed by atoms with E-state index in [0.29, 0.717) is 0 Å². The van der Waals surface area contributed by atoms with E-state index in [1.165, 1.54) is 25.1 Å². The highest BCUT2D eigenvalue weighted by molar-refractivity contribution is 7.85. The van der Waals surface area contributed by atoms with Crippen LogP contribution in [-0.4, -0.2) is 35.0 Å². The van der Waals surface area contributed by atoms with E-state index in [1.807, 2.05) is 0 Å². The molecule has 7 heteroatoms. The maximum absolute atomic E-state index is 13.4. The molecule has 2 unspecified atom stereocenters. The second-order valence-corrected chi connectivity index (χ2v) is 5.18. The molecule has 1 N–H and O–H groups in total. The number of ether oxygens (including phenoxy) is 1. The van der Waals surface area contributed by atoms with Crippen LogP contribution in [0.5, 0.6) is 0 Å². The summed E-state index contributed by atoms with van der Waals surface area (Å²) in [4.78, 5) is 22.4. The SMILES string of the molecule is COC(=O)C(CS(=O)c1ccccc1F)NC(C)=O. The van der Waals surface area contributed by atoms with Crippen LogP contribution in [0.3, 0.4) is 0 Å². The Morgan fingerprint density at radius 1 is 1.42 bits per heavy atom. The summed E-state index contributed by atoms with van der Waals surface area (Å²) in [7, 11) is -0.598. The minimum atomic E-state index is -1.75. The van der Waals surface area contributed by atoms with Crippen LogP contribution < -0.4 is 5.32 Å². The summed E-state index contributed by atoms with van der Waals surface area (Å²) in [5, 5.41) is 2.32. The molecule has 1 aromatic carbocycles. The van der Waals surface area contributed by atoms with Crippen molar-refractivity contribution in [2.45, 2.75) is 17.9 Å². The zero-order valence-electron chi connectivity index (χ0n) is 10.5. The Morgan fingerprint density at radius 2 is 2.05 bits per heavy atom. The van der Waals surface area contributed by atoms with Crippen molar-refractivity contribution in [1.29, 1.82) is 0 Å². The Morgan fingerprint density at radius 3 is 2.58 bits per heavy atom. The van der Waals surface area contributed by atoms with E-state index in [-0.39, 0.29) is 10.6 Å². The molecule has 1 rings (SSSR count). The first-order chi connectivity index (χ1) is 8.95. The largest absolute Gasteiger partial charge is 0.467 e. The van der Waals surface area contributed by atoms with E-state index in [2.05, 4.69) is 10.1 Å². The van der Waals surface area contributed by atoms with Crippen molar-refractivity contribution in [2.75, 3.05) is 12.9 Å². The number of esters is 1. The molecule has 0 heterocycles. The number of carbonyl (C=O) groups is 2. The van der Waals surface area contributed by atoms with E-state index in [0.717, 1.165) is 7.11 Å². The zero-order valence-corrected chi connectivity index (χ0v) is 11.3. The Kier molecular flexibility index (Phi) is 5.62. The number of hydrogen-bond donors (Lipinski definition) is 1. The second kappa shape index (κ2) is 6.98. The Labute approximate surface area is 112 Å². The molecular formula is C12H14FNO4S. The summed E-state index contributed by atoms with van der Waals surface area (Å²) < 4.78 is 29.9. The third-order valence-corrected chi connectivity index (χ3v) is 3.72. The normalized spacial score (nSPS) is 13.4. The lowest BCUT2D eigenvalue weighted by Crippen LogP contribution is -2.44. The molecule has 1 amide bonds. The summed E-state index contributed by atoms with van der Waals surface area (Å²) in [6.45, 7) is 1.22. The third-order valence-electron chi connectivity index (χ3n) is 2.26. The predicted molar refractivity (Wildman–Crippen MR) is 67.3 cm³/mol. The van der Waals surface area contributed by atoms with Crippen LogP contribution in [0.2, 0.25) is 0 Å². The molecule has 0 fully saturated rings. The van der Waals surface area contributed by atoms with Crippen molar-refractivity contribution < 1.29 is 22.9 Å². The molecule has 104 valence electrons. The van der Waals surface area contributed by atoms with Crippen molar-refractivity contribution in [1.82, 2.24) is 5.32 Å². The molecule has 0 aliphatic carbocycles. The fourth-order valence-corrected chi connectivity index (χ4v) is 2.64. The van der Waals surface area contributed by atoms with Crippen LogP contribution in [0.25, 0.3) is 0 Å². The maximum atomic E-state index is 13.4. The maximum Gasteiger partial charge on any atom is 0.329 e.